The first kappa shape index (κ1) is 17.3. The van der Waals surface area contributed by atoms with Gasteiger partial charge in [-0.1, -0.05) is 11.8 Å². The highest BCUT2D eigenvalue weighted by atomic mass is 32.2. The molecule has 0 saturated carbocycles. The summed E-state index contributed by atoms with van der Waals surface area (Å²) in [4.78, 5) is 18.6. The minimum Gasteiger partial charge on any atom is -0.372 e. The second-order valence-corrected chi connectivity index (χ2v) is 6.92. The third-order valence-corrected chi connectivity index (χ3v) is 5.01. The standard InChI is InChI=1S/C19H20N4OS/c20-13-15-8-9-21-19(12-15)25-14-18(24)22-16-4-6-17(7-5-16)23-10-2-1-3-11-23/h4-9,12H,1-3,10-11,14H2,(H,22,24). The second kappa shape index (κ2) is 8.54. The van der Waals surface area contributed by atoms with Crippen LogP contribution in [-0.2, 0) is 4.79 Å². The number of nitrogens with one attached hydrogen (secondary N) is 1. The molecule has 0 atom stereocenters. The lowest BCUT2D eigenvalue weighted by atomic mass is 10.1. The number of carbonyl (C=O) groups excluding carboxylic acids is 1. The van der Waals surface area contributed by atoms with Crippen LogP contribution >= 0.6 is 11.8 Å². The van der Waals surface area contributed by atoms with Gasteiger partial charge in [-0.05, 0) is 55.7 Å². The van der Waals surface area contributed by atoms with Crippen LogP contribution in [0.3, 0.4) is 0 Å². The van der Waals surface area contributed by atoms with Gasteiger partial charge in [-0.25, -0.2) is 4.98 Å². The van der Waals surface area contributed by atoms with E-state index in [2.05, 4.69) is 33.4 Å². The molecule has 0 spiro atoms. The van der Waals surface area contributed by atoms with Crippen molar-refractivity contribution >= 4 is 29.0 Å². The average molecular weight is 352 g/mol. The van der Waals surface area contributed by atoms with Crippen molar-refractivity contribution in [1.29, 1.82) is 5.26 Å². The molecule has 2 heterocycles. The molecular weight excluding hydrogens is 332 g/mol. The van der Waals surface area contributed by atoms with E-state index in [-0.39, 0.29) is 11.7 Å². The predicted molar refractivity (Wildman–Crippen MR) is 101 cm³/mol. The first-order chi connectivity index (χ1) is 12.2. The van der Waals surface area contributed by atoms with Gasteiger partial charge in [0.1, 0.15) is 0 Å². The number of pyridine rings is 1. The van der Waals surface area contributed by atoms with Crippen molar-refractivity contribution in [3.05, 3.63) is 48.2 Å². The van der Waals surface area contributed by atoms with Crippen LogP contribution in [0.15, 0.2) is 47.6 Å². The maximum atomic E-state index is 12.1. The Kier molecular flexibility index (Phi) is 5.91. The molecule has 1 saturated heterocycles. The molecule has 1 aliphatic heterocycles. The zero-order chi connectivity index (χ0) is 17.5. The lowest BCUT2D eigenvalue weighted by molar-refractivity contribution is -0.113. The van der Waals surface area contributed by atoms with E-state index in [4.69, 9.17) is 5.26 Å². The van der Waals surface area contributed by atoms with Gasteiger partial charge in [-0.2, -0.15) is 5.26 Å². The van der Waals surface area contributed by atoms with Crippen molar-refractivity contribution in [2.45, 2.75) is 24.3 Å². The van der Waals surface area contributed by atoms with Gasteiger partial charge in [-0.3, -0.25) is 4.79 Å². The molecular formula is C19H20N4OS. The highest BCUT2D eigenvalue weighted by Gasteiger charge is 2.11. The number of anilines is 2. The van der Waals surface area contributed by atoms with Crippen molar-refractivity contribution in [3.63, 3.8) is 0 Å². The van der Waals surface area contributed by atoms with E-state index in [9.17, 15) is 4.79 Å². The van der Waals surface area contributed by atoms with E-state index in [0.717, 1.165) is 18.8 Å². The highest BCUT2D eigenvalue weighted by molar-refractivity contribution is 7.99. The Labute approximate surface area is 152 Å². The van der Waals surface area contributed by atoms with Gasteiger partial charge >= 0.3 is 0 Å². The van der Waals surface area contributed by atoms with Crippen LogP contribution in [-0.4, -0.2) is 29.7 Å². The van der Waals surface area contributed by atoms with Gasteiger partial charge in [0, 0.05) is 30.7 Å². The molecule has 0 bridgehead atoms. The molecule has 3 rings (SSSR count). The molecule has 1 N–H and O–H groups in total. The molecule has 6 heteroatoms. The number of thioether (sulfide) groups is 1. The van der Waals surface area contributed by atoms with Crippen LogP contribution in [0.25, 0.3) is 0 Å². The smallest absolute Gasteiger partial charge is 0.234 e. The van der Waals surface area contributed by atoms with Crippen molar-refractivity contribution in [2.24, 2.45) is 0 Å². The van der Waals surface area contributed by atoms with Gasteiger partial charge in [0.25, 0.3) is 0 Å². The first-order valence-corrected chi connectivity index (χ1v) is 9.37. The van der Waals surface area contributed by atoms with E-state index in [1.807, 2.05) is 12.1 Å². The summed E-state index contributed by atoms with van der Waals surface area (Å²) in [6, 6.07) is 13.4. The number of nitrogens with zero attached hydrogens (tertiary/aromatic N) is 3. The van der Waals surface area contributed by atoms with Crippen LogP contribution in [0.5, 0.6) is 0 Å². The van der Waals surface area contributed by atoms with E-state index in [0.29, 0.717) is 10.6 Å². The highest BCUT2D eigenvalue weighted by Crippen LogP contribution is 2.22. The van der Waals surface area contributed by atoms with Crippen LogP contribution in [0.2, 0.25) is 0 Å². The summed E-state index contributed by atoms with van der Waals surface area (Å²) in [5, 5.41) is 12.5. The van der Waals surface area contributed by atoms with Gasteiger partial charge in [0.2, 0.25) is 5.91 Å². The van der Waals surface area contributed by atoms with Crippen molar-refractivity contribution in [2.75, 3.05) is 29.1 Å². The predicted octanol–water partition coefficient (Wildman–Crippen LogP) is 3.67. The maximum Gasteiger partial charge on any atom is 0.234 e. The Morgan fingerprint density at radius 2 is 1.96 bits per heavy atom. The van der Waals surface area contributed by atoms with E-state index in [1.54, 1.807) is 18.3 Å². The van der Waals surface area contributed by atoms with E-state index in [1.165, 1.54) is 36.7 Å². The molecule has 0 unspecified atom stereocenters. The number of piperidine rings is 1. The second-order valence-electron chi connectivity index (χ2n) is 5.93. The summed E-state index contributed by atoms with van der Waals surface area (Å²) in [5.41, 5.74) is 2.56. The summed E-state index contributed by atoms with van der Waals surface area (Å²) >= 11 is 1.32. The molecule has 2 aromatic rings. The number of amides is 1. The van der Waals surface area contributed by atoms with E-state index < -0.39 is 0 Å². The lowest BCUT2D eigenvalue weighted by Crippen LogP contribution is -2.29. The summed E-state index contributed by atoms with van der Waals surface area (Å²) in [6.45, 7) is 2.22. The molecule has 1 aromatic carbocycles. The number of benzene rings is 1. The summed E-state index contributed by atoms with van der Waals surface area (Å²) in [7, 11) is 0. The number of nitriles is 1. The van der Waals surface area contributed by atoms with Crippen molar-refractivity contribution in [3.8, 4) is 6.07 Å². The molecule has 1 aliphatic rings. The molecule has 25 heavy (non-hydrogen) atoms. The molecule has 0 radical (unpaired) electrons. The molecule has 128 valence electrons. The normalized spacial score (nSPS) is 14.0. The zero-order valence-corrected chi connectivity index (χ0v) is 14.8. The van der Waals surface area contributed by atoms with Crippen LogP contribution in [0.4, 0.5) is 11.4 Å². The van der Waals surface area contributed by atoms with Crippen LogP contribution in [0, 0.1) is 11.3 Å². The Balaban J connectivity index is 1.51. The summed E-state index contributed by atoms with van der Waals surface area (Å²) in [6.07, 6.45) is 5.39. The largest absolute Gasteiger partial charge is 0.372 e. The topological polar surface area (TPSA) is 69.0 Å². The number of carbonyl (C=O) groups is 1. The molecule has 5 nitrogen and oxygen atoms in total. The molecule has 0 aliphatic carbocycles. The van der Waals surface area contributed by atoms with Gasteiger partial charge in [0.05, 0.1) is 22.4 Å². The molecule has 1 fully saturated rings. The van der Waals surface area contributed by atoms with Gasteiger partial charge in [-0.15, -0.1) is 0 Å². The Morgan fingerprint density at radius 1 is 1.20 bits per heavy atom. The van der Waals surface area contributed by atoms with Crippen LogP contribution in [0.1, 0.15) is 24.8 Å². The zero-order valence-electron chi connectivity index (χ0n) is 13.9. The van der Waals surface area contributed by atoms with Crippen molar-refractivity contribution < 1.29 is 4.79 Å². The number of rotatable bonds is 5. The van der Waals surface area contributed by atoms with Crippen LogP contribution < -0.4 is 10.2 Å². The summed E-state index contributed by atoms with van der Waals surface area (Å²) in [5.74, 6) is 0.176. The minimum absolute atomic E-state index is 0.0834. The van der Waals surface area contributed by atoms with E-state index >= 15 is 0 Å². The number of hydrogen-bond donors (Lipinski definition) is 1. The number of aromatic nitrogens is 1. The quantitative estimate of drug-likeness (QED) is 0.832. The molecule has 1 amide bonds. The maximum absolute atomic E-state index is 12.1. The fourth-order valence-corrected chi connectivity index (χ4v) is 3.50. The van der Waals surface area contributed by atoms with Crippen molar-refractivity contribution in [1.82, 2.24) is 4.98 Å². The monoisotopic (exact) mass is 352 g/mol. The molecule has 1 aromatic heterocycles. The van der Waals surface area contributed by atoms with Gasteiger partial charge < -0.3 is 10.2 Å². The average Bonchev–Trinajstić information content (AvgIpc) is 2.68. The van der Waals surface area contributed by atoms with Gasteiger partial charge in [0.15, 0.2) is 0 Å². The Bertz CT molecular complexity index is 764. The lowest BCUT2D eigenvalue weighted by Gasteiger charge is -2.28. The fourth-order valence-electron chi connectivity index (χ4n) is 2.80. The third kappa shape index (κ3) is 4.97. The first-order valence-electron chi connectivity index (χ1n) is 8.38. The Morgan fingerprint density at radius 3 is 2.68 bits per heavy atom. The number of hydrogen-bond acceptors (Lipinski definition) is 5. The SMILES string of the molecule is N#Cc1ccnc(SCC(=O)Nc2ccc(N3CCCCC3)cc2)c1. The Hall–Kier alpha value is -2.52. The third-order valence-electron chi connectivity index (χ3n) is 4.09. The summed E-state index contributed by atoms with van der Waals surface area (Å²) < 4.78 is 0. The fraction of sp³-hybridized carbons (Fsp3) is 0.316. The minimum atomic E-state index is -0.0834.